The zero-order valence-corrected chi connectivity index (χ0v) is 12.8. The number of aromatic nitrogens is 1. The van der Waals surface area contributed by atoms with E-state index in [1.54, 1.807) is 20.8 Å². The van der Waals surface area contributed by atoms with Crippen molar-refractivity contribution in [1.82, 2.24) is 4.98 Å². The first-order valence-electron chi connectivity index (χ1n) is 6.09. The number of sulfone groups is 1. The Hall–Kier alpha value is -1.96. The van der Waals surface area contributed by atoms with Crippen molar-refractivity contribution in [3.8, 4) is 0 Å². The van der Waals surface area contributed by atoms with Gasteiger partial charge in [0.05, 0.1) is 17.0 Å². The van der Waals surface area contributed by atoms with Crippen LogP contribution in [0.3, 0.4) is 0 Å². The average molecular weight is 315 g/mol. The number of carbonyl (C=O) groups is 2. The molecular formula is C13H17NO6S. The van der Waals surface area contributed by atoms with Gasteiger partial charge in [0.15, 0.2) is 9.84 Å². The van der Waals surface area contributed by atoms with E-state index in [9.17, 15) is 18.0 Å². The molecule has 0 aromatic carbocycles. The molecule has 0 saturated carbocycles. The maximum absolute atomic E-state index is 11.9. The van der Waals surface area contributed by atoms with Gasteiger partial charge in [-0.1, -0.05) is 0 Å². The van der Waals surface area contributed by atoms with Crippen molar-refractivity contribution in [3.05, 3.63) is 29.6 Å². The molecule has 0 bridgehead atoms. The molecule has 1 N–H and O–H groups in total. The third-order valence-electron chi connectivity index (χ3n) is 2.20. The number of rotatable bonds is 5. The minimum atomic E-state index is -3.72. The van der Waals surface area contributed by atoms with Crippen LogP contribution in [0.1, 0.15) is 36.8 Å². The van der Waals surface area contributed by atoms with E-state index < -0.39 is 38.9 Å². The molecule has 7 nitrogen and oxygen atoms in total. The summed E-state index contributed by atoms with van der Waals surface area (Å²) < 4.78 is 28.7. The summed E-state index contributed by atoms with van der Waals surface area (Å²) in [7, 11) is -3.72. The smallest absolute Gasteiger partial charge is 0.337 e. The topological polar surface area (TPSA) is 111 Å². The van der Waals surface area contributed by atoms with Gasteiger partial charge < -0.3 is 9.84 Å². The van der Waals surface area contributed by atoms with Crippen LogP contribution in [0.5, 0.6) is 0 Å². The lowest BCUT2D eigenvalue weighted by atomic mass is 10.2. The first-order chi connectivity index (χ1) is 9.48. The number of hydrogen-bond acceptors (Lipinski definition) is 6. The molecule has 1 aromatic rings. The van der Waals surface area contributed by atoms with Crippen LogP contribution in [-0.4, -0.2) is 41.8 Å². The van der Waals surface area contributed by atoms with Crippen molar-refractivity contribution in [2.75, 3.05) is 5.75 Å². The fraction of sp³-hybridized carbons (Fsp3) is 0.462. The summed E-state index contributed by atoms with van der Waals surface area (Å²) in [6, 6.07) is 2.56. The van der Waals surface area contributed by atoms with Gasteiger partial charge in [-0.25, -0.2) is 13.2 Å². The Labute approximate surface area is 122 Å². The number of esters is 1. The fourth-order valence-corrected chi connectivity index (χ4v) is 2.60. The van der Waals surface area contributed by atoms with E-state index in [2.05, 4.69) is 4.98 Å². The molecular weight excluding hydrogens is 298 g/mol. The summed E-state index contributed by atoms with van der Waals surface area (Å²) in [6.07, 6.45) is 1.07. The minimum absolute atomic E-state index is 0.0386. The van der Waals surface area contributed by atoms with Crippen molar-refractivity contribution in [3.63, 3.8) is 0 Å². The Morgan fingerprint density at radius 2 is 1.90 bits per heavy atom. The van der Waals surface area contributed by atoms with Gasteiger partial charge in [-0.05, 0) is 32.9 Å². The van der Waals surface area contributed by atoms with Crippen molar-refractivity contribution < 1.29 is 27.9 Å². The molecule has 1 aromatic heterocycles. The van der Waals surface area contributed by atoms with Gasteiger partial charge in [0.1, 0.15) is 11.4 Å². The van der Waals surface area contributed by atoms with Crippen LogP contribution in [0, 0.1) is 0 Å². The lowest BCUT2D eigenvalue weighted by molar-refractivity contribution is -0.151. The van der Waals surface area contributed by atoms with Crippen LogP contribution in [0.2, 0.25) is 0 Å². The molecule has 0 aliphatic carbocycles. The number of nitrogens with zero attached hydrogens (tertiary/aromatic N) is 1. The summed E-state index contributed by atoms with van der Waals surface area (Å²) in [5, 5.41) is 8.72. The molecule has 0 atom stereocenters. The van der Waals surface area contributed by atoms with E-state index in [1.807, 2.05) is 0 Å². The van der Waals surface area contributed by atoms with E-state index in [0.29, 0.717) is 0 Å². The predicted molar refractivity (Wildman–Crippen MR) is 74.5 cm³/mol. The van der Waals surface area contributed by atoms with Gasteiger partial charge in [-0.3, -0.25) is 9.78 Å². The number of hydrogen-bond donors (Lipinski definition) is 1. The summed E-state index contributed by atoms with van der Waals surface area (Å²) in [5.41, 5.74) is -0.625. The summed E-state index contributed by atoms with van der Waals surface area (Å²) in [4.78, 5) is 25.9. The van der Waals surface area contributed by atoms with Gasteiger partial charge in [0, 0.05) is 6.20 Å². The van der Waals surface area contributed by atoms with Gasteiger partial charge in [0.2, 0.25) is 0 Å². The van der Waals surface area contributed by atoms with Crippen LogP contribution >= 0.6 is 0 Å². The Bertz CT molecular complexity index is 628. The molecule has 0 aliphatic rings. The summed E-state index contributed by atoms with van der Waals surface area (Å²) >= 11 is 0. The van der Waals surface area contributed by atoms with Gasteiger partial charge in [0.25, 0.3) is 0 Å². The van der Waals surface area contributed by atoms with Gasteiger partial charge in [-0.15, -0.1) is 0 Å². The summed E-state index contributed by atoms with van der Waals surface area (Å²) in [5.74, 6) is -3.17. The number of carbonyl (C=O) groups excluding carboxylic acids is 1. The number of aromatic carboxylic acids is 1. The first-order valence-corrected chi connectivity index (χ1v) is 7.91. The van der Waals surface area contributed by atoms with E-state index >= 15 is 0 Å². The van der Waals surface area contributed by atoms with Crippen LogP contribution in [0.4, 0.5) is 0 Å². The highest BCUT2D eigenvalue weighted by molar-refractivity contribution is 7.91. The number of ether oxygens (including phenoxy) is 1. The molecule has 0 aliphatic heterocycles. The molecule has 21 heavy (non-hydrogen) atoms. The van der Waals surface area contributed by atoms with Gasteiger partial charge in [-0.2, -0.15) is 0 Å². The zero-order chi connectivity index (χ0) is 16.3. The van der Waals surface area contributed by atoms with Crippen molar-refractivity contribution in [2.45, 2.75) is 32.1 Å². The number of carboxylic acids is 1. The normalized spacial score (nSPS) is 12.0. The third kappa shape index (κ3) is 6.35. The Kier molecular flexibility index (Phi) is 5.06. The first kappa shape index (κ1) is 17.1. The minimum Gasteiger partial charge on any atom is -0.478 e. The molecule has 0 unspecified atom stereocenters. The molecule has 1 heterocycles. The number of carboxylic acid groups (broad SMARTS) is 1. The van der Waals surface area contributed by atoms with Gasteiger partial charge >= 0.3 is 11.9 Å². The van der Waals surface area contributed by atoms with Crippen molar-refractivity contribution in [1.29, 1.82) is 0 Å². The van der Waals surface area contributed by atoms with Crippen molar-refractivity contribution >= 4 is 21.8 Å². The SMILES string of the molecule is CC(C)(C)OC(=O)CS(=O)(=O)Cc1ccc(C(=O)O)cn1. The highest BCUT2D eigenvalue weighted by atomic mass is 32.2. The molecule has 0 radical (unpaired) electrons. The highest BCUT2D eigenvalue weighted by Crippen LogP contribution is 2.10. The zero-order valence-electron chi connectivity index (χ0n) is 12.0. The van der Waals surface area contributed by atoms with Crippen LogP contribution in [0.15, 0.2) is 18.3 Å². The predicted octanol–water partition coefficient (Wildman–Crippen LogP) is 1.04. The monoisotopic (exact) mass is 315 g/mol. The highest BCUT2D eigenvalue weighted by Gasteiger charge is 2.23. The molecule has 116 valence electrons. The van der Waals surface area contributed by atoms with E-state index in [4.69, 9.17) is 9.84 Å². The number of pyridine rings is 1. The van der Waals surface area contributed by atoms with E-state index in [1.165, 1.54) is 12.1 Å². The maximum atomic E-state index is 11.9. The quantitative estimate of drug-likeness (QED) is 0.808. The van der Waals surface area contributed by atoms with Crippen LogP contribution < -0.4 is 0 Å². The largest absolute Gasteiger partial charge is 0.478 e. The lowest BCUT2D eigenvalue weighted by Crippen LogP contribution is -2.29. The second-order valence-corrected chi connectivity index (χ2v) is 7.53. The van der Waals surface area contributed by atoms with E-state index in [0.717, 1.165) is 6.20 Å². The fourth-order valence-electron chi connectivity index (χ4n) is 1.46. The second-order valence-electron chi connectivity index (χ2n) is 5.46. The lowest BCUT2D eigenvalue weighted by Gasteiger charge is -2.19. The average Bonchev–Trinajstić information content (AvgIpc) is 2.24. The second kappa shape index (κ2) is 6.21. The standard InChI is InChI=1S/C13H17NO6S/c1-13(2,3)20-11(15)8-21(18,19)7-10-5-4-9(6-14-10)12(16)17/h4-6H,7-8H2,1-3H3,(H,16,17). The molecule has 8 heteroatoms. The van der Waals surface area contributed by atoms with E-state index in [-0.39, 0.29) is 11.3 Å². The molecule has 1 rings (SSSR count). The molecule has 0 saturated heterocycles. The Morgan fingerprint density at radius 3 is 2.33 bits per heavy atom. The molecule has 0 spiro atoms. The third-order valence-corrected chi connectivity index (χ3v) is 3.61. The van der Waals surface area contributed by atoms with Crippen LogP contribution in [0.25, 0.3) is 0 Å². The van der Waals surface area contributed by atoms with Crippen LogP contribution in [-0.2, 0) is 25.1 Å². The maximum Gasteiger partial charge on any atom is 0.337 e. The Balaban J connectivity index is 2.72. The van der Waals surface area contributed by atoms with Crippen molar-refractivity contribution in [2.24, 2.45) is 0 Å². The Morgan fingerprint density at radius 1 is 1.29 bits per heavy atom. The summed E-state index contributed by atoms with van der Waals surface area (Å²) in [6.45, 7) is 4.93. The molecule has 0 fully saturated rings. The molecule has 0 amide bonds.